The number of carbonyl (C=O) groups is 1. The summed E-state index contributed by atoms with van der Waals surface area (Å²) in [5.74, 6) is -0.615. The number of hydrogen-bond acceptors (Lipinski definition) is 4. The van der Waals surface area contributed by atoms with Crippen molar-refractivity contribution in [1.82, 2.24) is 4.98 Å². The molecule has 0 atom stereocenters. The Kier molecular flexibility index (Phi) is 4.90. The molecule has 0 saturated carbocycles. The van der Waals surface area contributed by atoms with Crippen LogP contribution in [-0.4, -0.2) is 17.6 Å². The molecule has 0 fully saturated rings. The highest BCUT2D eigenvalue weighted by molar-refractivity contribution is 7.16. The lowest BCUT2D eigenvalue weighted by atomic mass is 9.98. The molecular formula is C19H18FNO2S. The Morgan fingerprint density at radius 1 is 1.25 bits per heavy atom. The van der Waals surface area contributed by atoms with E-state index in [1.54, 1.807) is 19.1 Å². The number of nitrogens with zero attached hydrogens (tertiary/aromatic N) is 1. The van der Waals surface area contributed by atoms with Crippen molar-refractivity contribution < 1.29 is 13.9 Å². The van der Waals surface area contributed by atoms with E-state index in [1.165, 1.54) is 23.6 Å². The fourth-order valence-corrected chi connectivity index (χ4v) is 3.53. The van der Waals surface area contributed by atoms with Crippen LogP contribution in [0, 0.1) is 5.82 Å². The molecule has 0 saturated heterocycles. The first kappa shape index (κ1) is 16.6. The molecule has 1 heterocycles. The number of carbonyl (C=O) groups excluding carboxylic acids is 1. The summed E-state index contributed by atoms with van der Waals surface area (Å²) in [6.45, 7) is 4.19. The maximum Gasteiger partial charge on any atom is 0.349 e. The molecule has 0 radical (unpaired) electrons. The van der Waals surface area contributed by atoms with Crippen LogP contribution in [-0.2, 0) is 11.2 Å². The lowest BCUT2D eigenvalue weighted by molar-refractivity contribution is 0.0532. The van der Waals surface area contributed by atoms with Gasteiger partial charge in [0.2, 0.25) is 0 Å². The maximum absolute atomic E-state index is 14.2. The van der Waals surface area contributed by atoms with E-state index in [0.29, 0.717) is 21.9 Å². The number of aromatic nitrogens is 1. The van der Waals surface area contributed by atoms with Crippen molar-refractivity contribution in [2.75, 3.05) is 6.61 Å². The van der Waals surface area contributed by atoms with Crippen molar-refractivity contribution in [2.24, 2.45) is 0 Å². The van der Waals surface area contributed by atoms with E-state index in [9.17, 15) is 9.18 Å². The molecule has 0 amide bonds. The number of benzene rings is 2. The van der Waals surface area contributed by atoms with Crippen LogP contribution in [0.4, 0.5) is 4.39 Å². The van der Waals surface area contributed by atoms with Gasteiger partial charge in [0.1, 0.15) is 15.7 Å². The van der Waals surface area contributed by atoms with Crippen molar-refractivity contribution in [2.45, 2.75) is 26.7 Å². The van der Waals surface area contributed by atoms with Crippen LogP contribution in [0.2, 0.25) is 0 Å². The maximum atomic E-state index is 14.2. The van der Waals surface area contributed by atoms with Gasteiger partial charge in [0.15, 0.2) is 0 Å². The molecule has 0 aliphatic heterocycles. The first-order chi connectivity index (χ1) is 11.6. The number of fused-ring (bicyclic) bond motifs is 1. The normalized spacial score (nSPS) is 11.0. The summed E-state index contributed by atoms with van der Waals surface area (Å²) in [7, 11) is 0. The van der Waals surface area contributed by atoms with Crippen molar-refractivity contribution in [3.63, 3.8) is 0 Å². The third-order valence-electron chi connectivity index (χ3n) is 3.78. The highest BCUT2D eigenvalue weighted by atomic mass is 32.1. The van der Waals surface area contributed by atoms with Gasteiger partial charge in [0.05, 0.1) is 12.8 Å². The second-order valence-electron chi connectivity index (χ2n) is 5.47. The van der Waals surface area contributed by atoms with Gasteiger partial charge in [-0.15, -0.1) is 11.3 Å². The van der Waals surface area contributed by atoms with E-state index < -0.39 is 0 Å². The number of aryl methyl sites for hydroxylation is 1. The highest BCUT2D eigenvalue weighted by Gasteiger charge is 2.15. The summed E-state index contributed by atoms with van der Waals surface area (Å²) in [5, 5.41) is 2.22. The van der Waals surface area contributed by atoms with Gasteiger partial charge < -0.3 is 4.74 Å². The smallest absolute Gasteiger partial charge is 0.349 e. The Labute approximate surface area is 144 Å². The fourth-order valence-electron chi connectivity index (χ4n) is 2.73. The van der Waals surface area contributed by atoms with Crippen LogP contribution < -0.4 is 0 Å². The monoisotopic (exact) mass is 343 g/mol. The Morgan fingerprint density at radius 3 is 2.83 bits per heavy atom. The van der Waals surface area contributed by atoms with E-state index in [-0.39, 0.29) is 11.8 Å². The average Bonchev–Trinajstić information content (AvgIpc) is 3.06. The number of thiazole rings is 1. The zero-order valence-corrected chi connectivity index (χ0v) is 14.5. The average molecular weight is 343 g/mol. The van der Waals surface area contributed by atoms with Crippen LogP contribution >= 0.6 is 11.3 Å². The topological polar surface area (TPSA) is 39.2 Å². The van der Waals surface area contributed by atoms with Crippen LogP contribution in [0.5, 0.6) is 0 Å². The number of esters is 1. The van der Waals surface area contributed by atoms with Gasteiger partial charge in [-0.2, -0.15) is 0 Å². The molecule has 0 spiro atoms. The minimum absolute atomic E-state index is 0.242. The molecule has 3 nitrogen and oxygen atoms in total. The summed E-state index contributed by atoms with van der Waals surface area (Å²) in [6, 6.07) is 8.99. The summed E-state index contributed by atoms with van der Waals surface area (Å²) >= 11 is 1.27. The molecule has 0 N–H and O–H groups in total. The van der Waals surface area contributed by atoms with Crippen molar-refractivity contribution >= 4 is 28.1 Å². The quantitative estimate of drug-likeness (QED) is 0.595. The summed E-state index contributed by atoms with van der Waals surface area (Å²) < 4.78 is 19.2. The van der Waals surface area contributed by atoms with Crippen LogP contribution in [0.1, 0.15) is 35.5 Å². The molecule has 5 heteroatoms. The zero-order chi connectivity index (χ0) is 17.1. The molecule has 0 bridgehead atoms. The Bertz CT molecular complexity index is 888. The van der Waals surface area contributed by atoms with Crippen LogP contribution in [0.15, 0.2) is 36.5 Å². The standard InChI is InChI=1S/C19H18FNO2S/c1-3-6-12-9-13(10-15-14(12)7-5-8-16(15)20)18-21-11-17(24-18)19(22)23-4-2/h5,7-11H,3-4,6H2,1-2H3. The van der Waals surface area contributed by atoms with E-state index in [2.05, 4.69) is 11.9 Å². The zero-order valence-electron chi connectivity index (χ0n) is 13.6. The summed E-state index contributed by atoms with van der Waals surface area (Å²) in [5.41, 5.74) is 1.92. The number of ether oxygens (including phenoxy) is 1. The van der Waals surface area contributed by atoms with Crippen molar-refractivity contribution in [1.29, 1.82) is 0 Å². The Morgan fingerprint density at radius 2 is 2.08 bits per heavy atom. The van der Waals surface area contributed by atoms with Gasteiger partial charge in [0.25, 0.3) is 0 Å². The van der Waals surface area contributed by atoms with Crippen molar-refractivity contribution in [3.05, 3.63) is 52.8 Å². The fraction of sp³-hybridized carbons (Fsp3) is 0.263. The summed E-state index contributed by atoms with van der Waals surface area (Å²) in [6.07, 6.45) is 3.36. The van der Waals surface area contributed by atoms with Gasteiger partial charge in [-0.25, -0.2) is 14.2 Å². The SMILES string of the molecule is CCCc1cc(-c2ncc(C(=O)OCC)s2)cc2c(F)cccc12. The lowest BCUT2D eigenvalue weighted by Gasteiger charge is -2.09. The molecule has 0 unspecified atom stereocenters. The predicted octanol–water partition coefficient (Wildman–Crippen LogP) is 5.23. The largest absolute Gasteiger partial charge is 0.462 e. The van der Waals surface area contributed by atoms with E-state index >= 15 is 0 Å². The van der Waals surface area contributed by atoms with E-state index in [0.717, 1.165) is 29.4 Å². The second kappa shape index (κ2) is 7.09. The van der Waals surface area contributed by atoms with Gasteiger partial charge in [-0.3, -0.25) is 0 Å². The van der Waals surface area contributed by atoms with Gasteiger partial charge in [-0.1, -0.05) is 25.5 Å². The third-order valence-corrected chi connectivity index (χ3v) is 4.80. The molecule has 124 valence electrons. The van der Waals surface area contributed by atoms with Gasteiger partial charge in [0, 0.05) is 10.9 Å². The minimum atomic E-state index is -0.373. The molecular weight excluding hydrogens is 325 g/mol. The van der Waals surface area contributed by atoms with E-state index in [1.807, 2.05) is 12.1 Å². The number of hydrogen-bond donors (Lipinski definition) is 0. The lowest BCUT2D eigenvalue weighted by Crippen LogP contribution is -2.01. The molecule has 3 rings (SSSR count). The molecule has 0 aliphatic rings. The minimum Gasteiger partial charge on any atom is -0.462 e. The Hall–Kier alpha value is -2.27. The van der Waals surface area contributed by atoms with Gasteiger partial charge in [-0.05, 0) is 42.5 Å². The number of rotatable bonds is 5. The molecule has 24 heavy (non-hydrogen) atoms. The predicted molar refractivity (Wildman–Crippen MR) is 95.0 cm³/mol. The third kappa shape index (κ3) is 3.17. The van der Waals surface area contributed by atoms with E-state index in [4.69, 9.17) is 4.74 Å². The van der Waals surface area contributed by atoms with Crippen molar-refractivity contribution in [3.8, 4) is 10.6 Å². The molecule has 3 aromatic rings. The van der Waals surface area contributed by atoms with Crippen LogP contribution in [0.3, 0.4) is 0 Å². The second-order valence-corrected chi connectivity index (χ2v) is 6.50. The van der Waals surface area contributed by atoms with Gasteiger partial charge >= 0.3 is 5.97 Å². The molecule has 2 aromatic carbocycles. The van der Waals surface area contributed by atoms with Crippen LogP contribution in [0.25, 0.3) is 21.3 Å². The first-order valence-corrected chi connectivity index (χ1v) is 8.80. The summed E-state index contributed by atoms with van der Waals surface area (Å²) in [4.78, 5) is 16.6. The highest BCUT2D eigenvalue weighted by Crippen LogP contribution is 2.32. The Balaban J connectivity index is 2.09. The first-order valence-electron chi connectivity index (χ1n) is 7.98. The number of halogens is 1. The molecule has 0 aliphatic carbocycles. The molecule has 1 aromatic heterocycles.